The number of nitriles is 1. The van der Waals surface area contributed by atoms with Crippen molar-refractivity contribution in [3.63, 3.8) is 0 Å². The summed E-state index contributed by atoms with van der Waals surface area (Å²) in [6, 6.07) is 13.2. The normalized spacial score (nSPS) is 11.2. The minimum absolute atomic E-state index is 0.207. The van der Waals surface area contributed by atoms with Crippen molar-refractivity contribution in [2.75, 3.05) is 20.3 Å². The van der Waals surface area contributed by atoms with Crippen LogP contribution in [0.5, 0.6) is 11.5 Å². The molecule has 0 saturated heterocycles. The zero-order valence-corrected chi connectivity index (χ0v) is 16.5. The number of aryl methyl sites for hydroxylation is 1. The number of aromatic amines is 1. The van der Waals surface area contributed by atoms with E-state index in [-0.39, 0.29) is 6.61 Å². The van der Waals surface area contributed by atoms with Crippen LogP contribution in [0.15, 0.2) is 36.4 Å². The molecule has 0 atom stereocenters. The number of hydrogen-bond acceptors (Lipinski definition) is 6. The molecule has 7 heteroatoms. The number of benzene rings is 2. The minimum atomic E-state index is -0.453. The molecule has 0 radical (unpaired) electrons. The summed E-state index contributed by atoms with van der Waals surface area (Å²) in [7, 11) is 1.51. The Morgan fingerprint density at radius 3 is 2.79 bits per heavy atom. The van der Waals surface area contributed by atoms with Gasteiger partial charge in [-0.2, -0.15) is 5.26 Å². The number of ether oxygens (including phenoxy) is 3. The molecule has 0 aliphatic rings. The number of methoxy groups -OCH3 is 1. The van der Waals surface area contributed by atoms with E-state index in [4.69, 9.17) is 14.2 Å². The van der Waals surface area contributed by atoms with Gasteiger partial charge in [-0.05, 0) is 55.3 Å². The van der Waals surface area contributed by atoms with Gasteiger partial charge in [-0.1, -0.05) is 12.1 Å². The Morgan fingerprint density at radius 2 is 2.07 bits per heavy atom. The Bertz CT molecular complexity index is 1110. The van der Waals surface area contributed by atoms with E-state index in [1.165, 1.54) is 7.11 Å². The van der Waals surface area contributed by atoms with Crippen molar-refractivity contribution in [2.24, 2.45) is 0 Å². The molecule has 7 nitrogen and oxygen atoms in total. The van der Waals surface area contributed by atoms with Gasteiger partial charge >= 0.3 is 5.97 Å². The highest BCUT2D eigenvalue weighted by Gasteiger charge is 2.11. The fourth-order valence-corrected chi connectivity index (χ4v) is 2.80. The van der Waals surface area contributed by atoms with Crippen molar-refractivity contribution in [2.45, 2.75) is 13.8 Å². The Hall–Kier alpha value is -3.79. The topological polar surface area (TPSA) is 97.2 Å². The molecule has 29 heavy (non-hydrogen) atoms. The maximum absolute atomic E-state index is 11.5. The van der Waals surface area contributed by atoms with Crippen LogP contribution in [0.1, 0.15) is 23.9 Å². The summed E-state index contributed by atoms with van der Waals surface area (Å²) in [5, 5.41) is 9.61. The zero-order chi connectivity index (χ0) is 20.8. The maximum Gasteiger partial charge on any atom is 0.344 e. The third-order valence-corrected chi connectivity index (χ3v) is 4.16. The minimum Gasteiger partial charge on any atom is -0.493 e. The van der Waals surface area contributed by atoms with Crippen LogP contribution < -0.4 is 9.47 Å². The molecule has 148 valence electrons. The number of carbonyl (C=O) groups excluding carboxylic acids is 1. The largest absolute Gasteiger partial charge is 0.493 e. The number of imidazole rings is 1. The van der Waals surface area contributed by atoms with Gasteiger partial charge in [0.15, 0.2) is 18.1 Å². The molecular weight excluding hydrogens is 370 g/mol. The fourth-order valence-electron chi connectivity index (χ4n) is 2.80. The second-order valence-corrected chi connectivity index (χ2v) is 6.28. The number of hydrogen-bond donors (Lipinski definition) is 1. The third-order valence-electron chi connectivity index (χ3n) is 4.16. The van der Waals surface area contributed by atoms with Gasteiger partial charge in [0.2, 0.25) is 0 Å². The number of carbonyl (C=O) groups is 1. The van der Waals surface area contributed by atoms with Gasteiger partial charge in [0.1, 0.15) is 11.9 Å². The molecule has 0 aliphatic carbocycles. The fraction of sp³-hybridized carbons (Fsp3) is 0.227. The highest BCUT2D eigenvalue weighted by molar-refractivity contribution is 5.90. The molecule has 0 bridgehead atoms. The molecule has 2 aromatic carbocycles. The lowest BCUT2D eigenvalue weighted by atomic mass is 10.1. The number of rotatable bonds is 7. The number of allylic oxidation sites excluding steroid dienone is 1. The van der Waals surface area contributed by atoms with Crippen LogP contribution in [0.2, 0.25) is 0 Å². The van der Waals surface area contributed by atoms with Crippen molar-refractivity contribution < 1.29 is 19.0 Å². The van der Waals surface area contributed by atoms with E-state index in [1.807, 2.05) is 25.1 Å². The second-order valence-electron chi connectivity index (χ2n) is 6.28. The van der Waals surface area contributed by atoms with Crippen LogP contribution in [0.25, 0.3) is 22.7 Å². The number of H-pyrrole nitrogens is 1. The Morgan fingerprint density at radius 1 is 1.24 bits per heavy atom. The van der Waals surface area contributed by atoms with Gasteiger partial charge in [-0.15, -0.1) is 0 Å². The predicted octanol–water partition coefficient (Wildman–Crippen LogP) is 3.89. The van der Waals surface area contributed by atoms with Crippen LogP contribution in [0.3, 0.4) is 0 Å². The molecule has 3 aromatic rings. The summed E-state index contributed by atoms with van der Waals surface area (Å²) >= 11 is 0. The van der Waals surface area contributed by atoms with Crippen LogP contribution in [0.4, 0.5) is 0 Å². The van der Waals surface area contributed by atoms with Gasteiger partial charge in [0.25, 0.3) is 0 Å². The van der Waals surface area contributed by atoms with Gasteiger partial charge in [0.05, 0.1) is 30.3 Å². The lowest BCUT2D eigenvalue weighted by molar-refractivity contribution is -0.145. The zero-order valence-electron chi connectivity index (χ0n) is 16.5. The second kappa shape index (κ2) is 8.93. The van der Waals surface area contributed by atoms with Gasteiger partial charge < -0.3 is 19.2 Å². The van der Waals surface area contributed by atoms with Gasteiger partial charge in [-0.25, -0.2) is 9.78 Å². The smallest absolute Gasteiger partial charge is 0.344 e. The highest BCUT2D eigenvalue weighted by atomic mass is 16.6. The van der Waals surface area contributed by atoms with Crippen LogP contribution in [-0.2, 0) is 9.53 Å². The molecule has 0 fully saturated rings. The van der Waals surface area contributed by atoms with E-state index >= 15 is 0 Å². The molecule has 1 aromatic heterocycles. The van der Waals surface area contributed by atoms with Crippen molar-refractivity contribution in [3.05, 3.63) is 53.3 Å². The Labute approximate surface area is 168 Å². The highest BCUT2D eigenvalue weighted by Crippen LogP contribution is 2.30. The maximum atomic E-state index is 11.5. The van der Waals surface area contributed by atoms with Crippen molar-refractivity contribution >= 4 is 28.7 Å². The molecule has 0 aliphatic heterocycles. The first kappa shape index (κ1) is 20.0. The van der Waals surface area contributed by atoms with Crippen molar-refractivity contribution in [3.8, 4) is 17.6 Å². The number of esters is 1. The summed E-state index contributed by atoms with van der Waals surface area (Å²) in [6.07, 6.45) is 1.71. The van der Waals surface area contributed by atoms with E-state index in [0.29, 0.717) is 29.5 Å². The first-order valence-electron chi connectivity index (χ1n) is 9.09. The van der Waals surface area contributed by atoms with Crippen LogP contribution >= 0.6 is 0 Å². The third kappa shape index (κ3) is 4.74. The van der Waals surface area contributed by atoms with E-state index in [9.17, 15) is 10.1 Å². The SMILES string of the molecule is CCOC(=O)COc1ccc(/C=C(\C#N)c2nc3ccc(C)cc3[nH]2)cc1OC. The summed E-state index contributed by atoms with van der Waals surface area (Å²) < 4.78 is 15.7. The van der Waals surface area contributed by atoms with Gasteiger partial charge in [0, 0.05) is 0 Å². The van der Waals surface area contributed by atoms with Crippen molar-refractivity contribution in [1.82, 2.24) is 9.97 Å². The van der Waals surface area contributed by atoms with Crippen LogP contribution in [0, 0.1) is 18.3 Å². The Kier molecular flexibility index (Phi) is 6.15. The summed E-state index contributed by atoms with van der Waals surface area (Å²) in [5.74, 6) is 0.899. The summed E-state index contributed by atoms with van der Waals surface area (Å²) in [5.41, 5.74) is 3.91. The first-order chi connectivity index (χ1) is 14.0. The summed E-state index contributed by atoms with van der Waals surface area (Å²) in [6.45, 7) is 3.82. The van der Waals surface area contributed by atoms with Crippen LogP contribution in [-0.4, -0.2) is 36.3 Å². The lowest BCUT2D eigenvalue weighted by Gasteiger charge is -2.11. The number of nitrogens with one attached hydrogen (secondary N) is 1. The monoisotopic (exact) mass is 391 g/mol. The standard InChI is InChI=1S/C22H21N3O4/c1-4-28-21(26)13-29-19-8-6-15(11-20(19)27-3)10-16(12-23)22-24-17-7-5-14(2)9-18(17)25-22/h5-11H,4,13H2,1-3H3,(H,24,25)/b16-10+. The van der Waals surface area contributed by atoms with E-state index in [1.54, 1.807) is 31.2 Å². The molecule has 1 heterocycles. The average molecular weight is 391 g/mol. The molecule has 0 saturated carbocycles. The Balaban J connectivity index is 1.86. The van der Waals surface area contributed by atoms with E-state index in [2.05, 4.69) is 16.0 Å². The molecule has 1 N–H and O–H groups in total. The summed E-state index contributed by atoms with van der Waals surface area (Å²) in [4.78, 5) is 19.2. The van der Waals surface area contributed by atoms with E-state index in [0.717, 1.165) is 22.2 Å². The van der Waals surface area contributed by atoms with E-state index < -0.39 is 5.97 Å². The molecule has 3 rings (SSSR count). The molecule has 0 spiro atoms. The number of aromatic nitrogens is 2. The first-order valence-corrected chi connectivity index (χ1v) is 9.09. The number of fused-ring (bicyclic) bond motifs is 1. The molecule has 0 unspecified atom stereocenters. The average Bonchev–Trinajstić information content (AvgIpc) is 3.13. The molecule has 0 amide bonds. The molecular formula is C22H21N3O4. The predicted molar refractivity (Wildman–Crippen MR) is 109 cm³/mol. The quantitative estimate of drug-likeness (QED) is 0.485. The van der Waals surface area contributed by atoms with Gasteiger partial charge in [-0.3, -0.25) is 0 Å². The van der Waals surface area contributed by atoms with Crippen molar-refractivity contribution in [1.29, 1.82) is 5.26 Å². The lowest BCUT2D eigenvalue weighted by Crippen LogP contribution is -2.14. The number of nitrogens with zero attached hydrogens (tertiary/aromatic N) is 2.